The smallest absolute Gasteiger partial charge is 0.278 e. The van der Waals surface area contributed by atoms with E-state index in [1.54, 1.807) is 128 Å². The molecule has 12 aromatic rings. The summed E-state index contributed by atoms with van der Waals surface area (Å²) >= 11 is 0. The number of fused-ring (bicyclic) bond motifs is 3. The summed E-state index contributed by atoms with van der Waals surface area (Å²) in [5.74, 6) is 5.79. The molecular formula is C87H108N24O6. The van der Waals surface area contributed by atoms with Crippen molar-refractivity contribution in [2.24, 2.45) is 0 Å². The van der Waals surface area contributed by atoms with Gasteiger partial charge in [0.15, 0.2) is 34.4 Å². The number of aromatic nitrogens is 18. The minimum atomic E-state index is -1.15. The van der Waals surface area contributed by atoms with Crippen molar-refractivity contribution >= 4 is 68.4 Å². The molecule has 0 spiro atoms. The highest BCUT2D eigenvalue weighted by Crippen LogP contribution is 2.38. The van der Waals surface area contributed by atoms with Crippen molar-refractivity contribution in [2.75, 3.05) is 58.2 Å². The third kappa shape index (κ3) is 18.9. The molecule has 0 aliphatic heterocycles. The predicted octanol–water partition coefficient (Wildman–Crippen LogP) is 12.4. The molecule has 0 bridgehead atoms. The molecule has 117 heavy (non-hydrogen) atoms. The monoisotopic (exact) mass is 1580 g/mol. The Morgan fingerprint density at radius 2 is 0.624 bits per heavy atom. The fourth-order valence-electron chi connectivity index (χ4n) is 15.8. The Morgan fingerprint density at radius 1 is 0.368 bits per heavy atom. The van der Waals surface area contributed by atoms with Crippen LogP contribution in [0.15, 0.2) is 181 Å². The Bertz CT molecular complexity index is 5130. The lowest BCUT2D eigenvalue weighted by Crippen LogP contribution is -2.31. The van der Waals surface area contributed by atoms with E-state index in [1.165, 1.54) is 126 Å². The lowest BCUT2D eigenvalue weighted by atomic mass is 9.82. The molecule has 3 aliphatic carbocycles. The largest absolute Gasteiger partial charge is 0.384 e. The molecule has 0 saturated heterocycles. The summed E-state index contributed by atoms with van der Waals surface area (Å²) in [6.45, 7) is 22.1. The maximum absolute atomic E-state index is 13.2. The summed E-state index contributed by atoms with van der Waals surface area (Å²) in [5.41, 5.74) is 2.19. The van der Waals surface area contributed by atoms with E-state index in [-0.39, 0.29) is 36.3 Å². The van der Waals surface area contributed by atoms with Gasteiger partial charge in [0.25, 0.3) is 16.7 Å². The molecule has 0 radical (unpaired) electrons. The van der Waals surface area contributed by atoms with E-state index in [4.69, 9.17) is 0 Å². The highest BCUT2D eigenvalue weighted by atomic mass is 16.3. The fraction of sp³-hybridized carbons (Fsp3) is 0.414. The third-order valence-corrected chi connectivity index (χ3v) is 22.4. The Balaban J connectivity index is 0.000000152. The molecule has 6 N–H and O–H groups in total. The molecule has 0 atom stereocenters. The SMILES string of the molecule is C=CCn1c(=O)c2cnc(Nc3ccc(C4CCC(N(C)C)CC4)cn3)nc2n1-c1cccc(C(C)(C)O)n1.C=CCn1c(=O)c2cnc(Nc3ccc(C4CCC(N(C)C)CC4)cn3)nc2n1-c1cccc(C(C)(C)O)n1.C=CCn1c(=O)c2cnc(Nc3ccc(C4CCC(N(C)C)CC4)cn3)nc2n1-c1cccc(C(C)(C)O)n1. The molecular weight excluding hydrogens is 1480 g/mol. The van der Waals surface area contributed by atoms with Gasteiger partial charge in [-0.25, -0.2) is 72.9 Å². The standard InChI is InChI=1S/3C29H36N8O2/c3*1-6-16-36-27(38)22-18-31-28(34-26(22)37(36)25-9-7-8-23(32-25)29(2,3)39)33-24-15-12-20(17-30-24)19-10-13-21(14-11-19)35(4)5/h3*6-9,12,15,17-19,21,39H,1,10-11,13-14,16H2,2-5H3,(H,30,31,33,34). The first kappa shape index (κ1) is 83.3. The number of aliphatic hydroxyl groups is 3. The van der Waals surface area contributed by atoms with E-state index in [0.29, 0.717) is 139 Å². The number of nitrogens with one attached hydrogen (secondary N) is 3. The summed E-state index contributed by atoms with van der Waals surface area (Å²) in [7, 11) is 12.9. The van der Waals surface area contributed by atoms with Gasteiger partial charge in [-0.15, -0.1) is 19.7 Å². The van der Waals surface area contributed by atoms with Gasteiger partial charge in [0.05, 0.1) is 36.7 Å². The van der Waals surface area contributed by atoms with Crippen LogP contribution in [-0.2, 0) is 36.4 Å². The molecule has 3 fully saturated rings. The number of pyridine rings is 6. The first-order valence-corrected chi connectivity index (χ1v) is 40.0. The van der Waals surface area contributed by atoms with Crippen LogP contribution < -0.4 is 32.6 Å². The summed E-state index contributed by atoms with van der Waals surface area (Å²) in [5, 5.41) is 42.1. The predicted molar refractivity (Wildman–Crippen MR) is 458 cm³/mol. The molecule has 0 aromatic carbocycles. The van der Waals surface area contributed by atoms with Crippen molar-refractivity contribution < 1.29 is 15.3 Å². The van der Waals surface area contributed by atoms with Crippen molar-refractivity contribution in [3.63, 3.8) is 0 Å². The molecule has 12 aromatic heterocycles. The molecule has 3 saturated carbocycles. The summed E-state index contributed by atoms with van der Waals surface area (Å²) in [6.07, 6.45) is 29.5. The van der Waals surface area contributed by atoms with E-state index in [2.05, 4.69) is 171 Å². The average Bonchev–Trinajstić information content (AvgIpc) is 1.61. The molecule has 0 unspecified atom stereocenters. The highest BCUT2D eigenvalue weighted by molar-refractivity contribution is 5.79. The lowest BCUT2D eigenvalue weighted by molar-refractivity contribution is 0.0733. The van der Waals surface area contributed by atoms with Crippen molar-refractivity contribution in [2.45, 2.75) is 191 Å². The summed E-state index contributed by atoms with van der Waals surface area (Å²) in [4.78, 5) is 102. The van der Waals surface area contributed by atoms with Gasteiger partial charge in [0.1, 0.15) is 50.4 Å². The number of anilines is 6. The zero-order chi connectivity index (χ0) is 83.2. The number of hydrogen-bond acceptors (Lipinski definition) is 24. The van der Waals surface area contributed by atoms with Gasteiger partial charge in [-0.3, -0.25) is 14.4 Å². The van der Waals surface area contributed by atoms with Crippen molar-refractivity contribution in [1.29, 1.82) is 0 Å². The van der Waals surface area contributed by atoms with Crippen molar-refractivity contribution in [3.8, 4) is 17.5 Å². The van der Waals surface area contributed by atoms with Crippen LogP contribution in [0.25, 0.3) is 50.6 Å². The van der Waals surface area contributed by atoms with Gasteiger partial charge in [-0.05, 0) is 250 Å². The topological polar surface area (TPSA) is 342 Å². The van der Waals surface area contributed by atoms with Gasteiger partial charge in [-0.2, -0.15) is 15.0 Å². The molecule has 15 rings (SSSR count). The van der Waals surface area contributed by atoms with E-state index in [9.17, 15) is 29.7 Å². The van der Waals surface area contributed by atoms with Crippen LogP contribution in [0.3, 0.4) is 0 Å². The lowest BCUT2D eigenvalue weighted by Gasteiger charge is -2.32. The van der Waals surface area contributed by atoms with Gasteiger partial charge in [-0.1, -0.05) is 54.6 Å². The van der Waals surface area contributed by atoms with Gasteiger partial charge >= 0.3 is 0 Å². The number of hydrogen-bond donors (Lipinski definition) is 6. The van der Waals surface area contributed by atoms with E-state index in [0.717, 1.165) is 0 Å². The Morgan fingerprint density at radius 3 is 0.838 bits per heavy atom. The summed E-state index contributed by atoms with van der Waals surface area (Å²) < 4.78 is 9.44. The minimum Gasteiger partial charge on any atom is -0.384 e. The zero-order valence-corrected chi connectivity index (χ0v) is 69.0. The Kier molecular flexibility index (Phi) is 25.2. The minimum absolute atomic E-state index is 0.252. The normalized spacial score (nSPS) is 18.0. The number of nitrogens with zero attached hydrogens (tertiary/aromatic N) is 21. The third-order valence-electron chi connectivity index (χ3n) is 22.4. The van der Waals surface area contributed by atoms with E-state index < -0.39 is 16.8 Å². The quantitative estimate of drug-likeness (QED) is 0.0306. The molecule has 0 amide bonds. The number of allylic oxidation sites excluding steroid dienone is 3. The van der Waals surface area contributed by atoms with Crippen molar-refractivity contribution in [1.82, 2.24) is 103 Å². The molecule has 30 nitrogen and oxygen atoms in total. The molecule has 3 aliphatic rings. The van der Waals surface area contributed by atoms with Gasteiger partial charge in [0, 0.05) is 55.3 Å². The van der Waals surface area contributed by atoms with Gasteiger partial charge < -0.3 is 46.0 Å². The first-order valence-electron chi connectivity index (χ1n) is 40.0. The summed E-state index contributed by atoms with van der Waals surface area (Å²) in [6, 6.07) is 30.1. The van der Waals surface area contributed by atoms with Crippen molar-refractivity contribution in [3.05, 3.63) is 231 Å². The maximum Gasteiger partial charge on any atom is 0.278 e. The van der Waals surface area contributed by atoms with Crippen LogP contribution in [0, 0.1) is 0 Å². The number of rotatable bonds is 24. The molecule has 30 heteroatoms. The van der Waals surface area contributed by atoms with Gasteiger partial charge in [0.2, 0.25) is 17.8 Å². The highest BCUT2D eigenvalue weighted by Gasteiger charge is 2.30. The van der Waals surface area contributed by atoms with E-state index >= 15 is 0 Å². The Labute approximate surface area is 680 Å². The molecule has 12 heterocycles. The van der Waals surface area contributed by atoms with Crippen LogP contribution in [0.1, 0.15) is 170 Å². The molecule has 612 valence electrons. The van der Waals surface area contributed by atoms with Crippen LogP contribution in [0.4, 0.5) is 35.3 Å². The fourth-order valence-corrected chi connectivity index (χ4v) is 15.8. The maximum atomic E-state index is 13.2. The average molecular weight is 1590 g/mol. The van der Waals surface area contributed by atoms with Crippen LogP contribution in [0.2, 0.25) is 0 Å². The second-order valence-corrected chi connectivity index (χ2v) is 32.8. The second-order valence-electron chi connectivity index (χ2n) is 32.8. The zero-order valence-electron chi connectivity index (χ0n) is 69.0. The Hall–Kier alpha value is -11.7. The van der Waals surface area contributed by atoms with E-state index in [1.807, 2.05) is 36.8 Å². The first-order chi connectivity index (χ1) is 56.0. The van der Waals surface area contributed by atoms with Crippen LogP contribution in [-0.4, -0.2) is 178 Å². The van der Waals surface area contributed by atoms with Crippen LogP contribution in [0.5, 0.6) is 0 Å². The second kappa shape index (κ2) is 35.4. The van der Waals surface area contributed by atoms with Crippen LogP contribution >= 0.6 is 0 Å².